The first-order chi connectivity index (χ1) is 9.02. The molecule has 0 aliphatic heterocycles. The molecular formula is C16H23N3. The molecule has 1 aromatic heterocycles. The van der Waals surface area contributed by atoms with Gasteiger partial charge in [-0.25, -0.2) is 4.98 Å². The summed E-state index contributed by atoms with van der Waals surface area (Å²) in [7, 11) is 4.04. The zero-order valence-electron chi connectivity index (χ0n) is 12.5. The molecule has 102 valence electrons. The van der Waals surface area contributed by atoms with Crippen LogP contribution in [0.25, 0.3) is 0 Å². The Bertz CT molecular complexity index is 546. The van der Waals surface area contributed by atoms with Crippen molar-refractivity contribution < 1.29 is 0 Å². The van der Waals surface area contributed by atoms with Crippen LogP contribution in [0.4, 0.5) is 0 Å². The van der Waals surface area contributed by atoms with Gasteiger partial charge in [0.15, 0.2) is 0 Å². The average Bonchev–Trinajstić information content (AvgIpc) is 2.75. The van der Waals surface area contributed by atoms with E-state index in [1.54, 1.807) is 0 Å². The van der Waals surface area contributed by atoms with Gasteiger partial charge >= 0.3 is 0 Å². The van der Waals surface area contributed by atoms with Gasteiger partial charge in [0, 0.05) is 19.4 Å². The lowest BCUT2D eigenvalue weighted by Gasteiger charge is -2.19. The molecule has 1 aromatic carbocycles. The van der Waals surface area contributed by atoms with Gasteiger partial charge in [-0.15, -0.1) is 0 Å². The fourth-order valence-corrected chi connectivity index (χ4v) is 2.77. The third-order valence-corrected chi connectivity index (χ3v) is 3.77. The smallest absolute Gasteiger partial charge is 0.125 e. The molecule has 1 unspecified atom stereocenters. The predicted octanol–water partition coefficient (Wildman–Crippen LogP) is 2.85. The molecule has 2 aromatic rings. The number of nitrogens with zero attached hydrogens (tertiary/aromatic N) is 2. The van der Waals surface area contributed by atoms with E-state index in [1.807, 2.05) is 26.5 Å². The molecule has 3 nitrogen and oxygen atoms in total. The highest BCUT2D eigenvalue weighted by molar-refractivity contribution is 5.38. The second kappa shape index (κ2) is 5.57. The van der Waals surface area contributed by atoms with Crippen LogP contribution < -0.4 is 5.32 Å². The molecule has 1 N–H and O–H groups in total. The lowest BCUT2D eigenvalue weighted by atomic mass is 9.94. The second-order valence-corrected chi connectivity index (χ2v) is 5.32. The third-order valence-electron chi connectivity index (χ3n) is 3.77. The van der Waals surface area contributed by atoms with Gasteiger partial charge in [0.25, 0.3) is 0 Å². The predicted molar refractivity (Wildman–Crippen MR) is 79.4 cm³/mol. The molecule has 0 radical (unpaired) electrons. The van der Waals surface area contributed by atoms with Crippen molar-refractivity contribution in [3.63, 3.8) is 0 Å². The van der Waals surface area contributed by atoms with Crippen LogP contribution in [0.3, 0.4) is 0 Å². The van der Waals surface area contributed by atoms with Gasteiger partial charge in [0.05, 0.1) is 6.04 Å². The highest BCUT2D eigenvalue weighted by atomic mass is 15.1. The van der Waals surface area contributed by atoms with Gasteiger partial charge < -0.3 is 9.88 Å². The normalized spacial score (nSPS) is 12.7. The highest BCUT2D eigenvalue weighted by Crippen LogP contribution is 2.23. The van der Waals surface area contributed by atoms with Crippen molar-refractivity contribution in [2.75, 3.05) is 7.05 Å². The molecule has 0 fully saturated rings. The molecule has 0 amide bonds. The van der Waals surface area contributed by atoms with Crippen LogP contribution in [-0.2, 0) is 13.5 Å². The maximum atomic E-state index is 4.46. The Morgan fingerprint density at radius 1 is 1.21 bits per heavy atom. The second-order valence-electron chi connectivity index (χ2n) is 5.32. The monoisotopic (exact) mass is 257 g/mol. The molecule has 0 saturated heterocycles. The van der Waals surface area contributed by atoms with E-state index in [1.165, 1.54) is 22.3 Å². The van der Waals surface area contributed by atoms with Crippen molar-refractivity contribution in [2.45, 2.75) is 33.2 Å². The first-order valence-corrected chi connectivity index (χ1v) is 6.74. The molecule has 1 heterocycles. The Morgan fingerprint density at radius 2 is 1.84 bits per heavy atom. The number of benzene rings is 1. The lowest BCUT2D eigenvalue weighted by Crippen LogP contribution is -2.23. The number of imidazole rings is 1. The Kier molecular flexibility index (Phi) is 4.05. The van der Waals surface area contributed by atoms with Crippen LogP contribution in [0.15, 0.2) is 24.5 Å². The highest BCUT2D eigenvalue weighted by Gasteiger charge is 2.16. The van der Waals surface area contributed by atoms with E-state index in [0.29, 0.717) is 0 Å². The summed E-state index contributed by atoms with van der Waals surface area (Å²) in [5.74, 6) is 1.09. The van der Waals surface area contributed by atoms with Crippen LogP contribution in [-0.4, -0.2) is 16.6 Å². The number of aryl methyl sites for hydroxylation is 4. The van der Waals surface area contributed by atoms with Crippen molar-refractivity contribution in [1.29, 1.82) is 0 Å². The molecule has 0 spiro atoms. The van der Waals surface area contributed by atoms with E-state index in [0.717, 1.165) is 12.2 Å². The summed E-state index contributed by atoms with van der Waals surface area (Å²) in [6, 6.07) is 4.76. The van der Waals surface area contributed by atoms with Gasteiger partial charge in [-0.1, -0.05) is 17.7 Å². The van der Waals surface area contributed by atoms with E-state index < -0.39 is 0 Å². The summed E-state index contributed by atoms with van der Waals surface area (Å²) in [6.07, 6.45) is 4.82. The van der Waals surface area contributed by atoms with E-state index in [-0.39, 0.29) is 6.04 Å². The number of likely N-dealkylation sites (N-methyl/N-ethyl adjacent to an activating group) is 1. The number of rotatable bonds is 4. The number of hydrogen-bond donors (Lipinski definition) is 1. The molecular weight excluding hydrogens is 234 g/mol. The fourth-order valence-electron chi connectivity index (χ4n) is 2.77. The molecule has 3 heteroatoms. The van der Waals surface area contributed by atoms with Crippen molar-refractivity contribution in [3.05, 3.63) is 52.6 Å². The maximum absolute atomic E-state index is 4.46. The zero-order valence-corrected chi connectivity index (χ0v) is 12.5. The summed E-state index contributed by atoms with van der Waals surface area (Å²) in [5, 5.41) is 3.38. The summed E-state index contributed by atoms with van der Waals surface area (Å²) in [5.41, 5.74) is 5.49. The minimum Gasteiger partial charge on any atom is -0.337 e. The number of hydrogen-bond acceptors (Lipinski definition) is 2. The van der Waals surface area contributed by atoms with Crippen molar-refractivity contribution >= 4 is 0 Å². The summed E-state index contributed by atoms with van der Waals surface area (Å²) >= 11 is 0. The van der Waals surface area contributed by atoms with Gasteiger partial charge in [-0.05, 0) is 50.9 Å². The van der Waals surface area contributed by atoms with Gasteiger partial charge in [-0.2, -0.15) is 0 Å². The first-order valence-electron chi connectivity index (χ1n) is 6.74. The fraction of sp³-hybridized carbons (Fsp3) is 0.438. The molecule has 2 rings (SSSR count). The van der Waals surface area contributed by atoms with Gasteiger partial charge in [0.1, 0.15) is 5.82 Å². The molecule has 0 saturated carbocycles. The third kappa shape index (κ3) is 2.87. The van der Waals surface area contributed by atoms with E-state index >= 15 is 0 Å². The van der Waals surface area contributed by atoms with E-state index in [9.17, 15) is 0 Å². The summed E-state index contributed by atoms with van der Waals surface area (Å²) in [4.78, 5) is 4.46. The minimum absolute atomic E-state index is 0.250. The molecule has 0 aliphatic rings. The van der Waals surface area contributed by atoms with Crippen LogP contribution in [0.1, 0.15) is 34.1 Å². The van der Waals surface area contributed by atoms with Crippen LogP contribution in [0.5, 0.6) is 0 Å². The van der Waals surface area contributed by atoms with Gasteiger partial charge in [0.2, 0.25) is 0 Å². The van der Waals surface area contributed by atoms with Crippen molar-refractivity contribution in [1.82, 2.24) is 14.9 Å². The molecule has 0 aliphatic carbocycles. The molecule has 1 atom stereocenters. The van der Waals surface area contributed by atoms with Crippen molar-refractivity contribution in [2.24, 2.45) is 7.05 Å². The quantitative estimate of drug-likeness (QED) is 0.912. The maximum Gasteiger partial charge on any atom is 0.125 e. The van der Waals surface area contributed by atoms with Gasteiger partial charge in [-0.3, -0.25) is 0 Å². The van der Waals surface area contributed by atoms with E-state index in [4.69, 9.17) is 0 Å². The van der Waals surface area contributed by atoms with Crippen LogP contribution in [0.2, 0.25) is 0 Å². The average molecular weight is 257 g/mol. The van der Waals surface area contributed by atoms with E-state index in [2.05, 4.69) is 47.8 Å². The largest absolute Gasteiger partial charge is 0.337 e. The Morgan fingerprint density at radius 3 is 2.32 bits per heavy atom. The minimum atomic E-state index is 0.250. The Balaban J connectivity index is 2.32. The molecule has 0 bridgehead atoms. The standard InChI is InChI=1S/C16H23N3/c1-11-8-12(2)14(13(3)9-11)10-15(17-4)16-18-6-7-19(16)5/h6-9,15,17H,10H2,1-5H3. The zero-order chi connectivity index (χ0) is 14.0. The molecule has 19 heavy (non-hydrogen) atoms. The number of nitrogens with one attached hydrogen (secondary N) is 1. The summed E-state index contributed by atoms with van der Waals surface area (Å²) < 4.78 is 2.08. The topological polar surface area (TPSA) is 29.9 Å². The van der Waals surface area contributed by atoms with Crippen molar-refractivity contribution in [3.8, 4) is 0 Å². The summed E-state index contributed by atoms with van der Waals surface area (Å²) in [6.45, 7) is 6.54. The van der Waals surface area contributed by atoms with Crippen LogP contribution in [0, 0.1) is 20.8 Å². The Labute approximate surface area is 115 Å². The lowest BCUT2D eigenvalue weighted by molar-refractivity contribution is 0.536. The first kappa shape index (κ1) is 13.8. The Hall–Kier alpha value is -1.61. The SMILES string of the molecule is CNC(Cc1c(C)cc(C)cc1C)c1nccn1C. The van der Waals surface area contributed by atoms with Crippen LogP contribution >= 0.6 is 0 Å². The number of aromatic nitrogens is 2.